The van der Waals surface area contributed by atoms with E-state index < -0.39 is 0 Å². The normalized spacial score (nSPS) is 12.0. The number of aromatic nitrogens is 1. The molecular weight excluding hydrogens is 629 g/mol. The number of nitrogens with zero attached hydrogens (tertiary/aromatic N) is 2. The summed E-state index contributed by atoms with van der Waals surface area (Å²) < 4.78 is 11.3. The average Bonchev–Trinajstić information content (AvgIpc) is 3.83. The van der Waals surface area contributed by atoms with Gasteiger partial charge in [-0.3, -0.25) is 0 Å². The van der Waals surface area contributed by atoms with Crippen molar-refractivity contribution in [3.05, 3.63) is 170 Å². The lowest BCUT2D eigenvalue weighted by Crippen LogP contribution is -2.10. The monoisotopic (exact) mass is 656 g/mol. The Labute approximate surface area is 291 Å². The van der Waals surface area contributed by atoms with Gasteiger partial charge in [-0.15, -0.1) is 11.3 Å². The van der Waals surface area contributed by atoms with Crippen molar-refractivity contribution in [3.63, 3.8) is 0 Å². The number of hydrogen-bond donors (Lipinski definition) is 0. The Morgan fingerprint density at radius 3 is 2.06 bits per heavy atom. The molecule has 4 heteroatoms. The second kappa shape index (κ2) is 10.6. The van der Waals surface area contributed by atoms with Gasteiger partial charge < -0.3 is 13.9 Å². The van der Waals surface area contributed by atoms with E-state index in [1.165, 1.54) is 52.8 Å². The first kappa shape index (κ1) is 27.6. The van der Waals surface area contributed by atoms with Crippen LogP contribution in [0.1, 0.15) is 0 Å². The van der Waals surface area contributed by atoms with Crippen LogP contribution in [0.2, 0.25) is 0 Å². The van der Waals surface area contributed by atoms with E-state index in [0.29, 0.717) is 0 Å². The molecule has 0 bridgehead atoms. The second-order valence-electron chi connectivity index (χ2n) is 12.9. The van der Waals surface area contributed by atoms with Gasteiger partial charge >= 0.3 is 0 Å². The predicted octanol–water partition coefficient (Wildman–Crippen LogP) is 13.7. The molecule has 0 unspecified atom stereocenters. The summed E-state index contributed by atoms with van der Waals surface area (Å²) in [5.74, 6) is 0. The van der Waals surface area contributed by atoms with Gasteiger partial charge in [-0.2, -0.15) is 0 Å². The first-order valence-corrected chi connectivity index (χ1v) is 17.7. The van der Waals surface area contributed by atoms with Crippen LogP contribution in [0.3, 0.4) is 0 Å². The highest BCUT2D eigenvalue weighted by atomic mass is 32.1. The zero-order valence-electron chi connectivity index (χ0n) is 26.9. The number of hydrogen-bond acceptors (Lipinski definition) is 3. The van der Waals surface area contributed by atoms with Crippen molar-refractivity contribution in [2.45, 2.75) is 0 Å². The molecular formula is C46H28N2OS. The maximum absolute atomic E-state index is 6.28. The first-order valence-electron chi connectivity index (χ1n) is 16.9. The number of anilines is 3. The van der Waals surface area contributed by atoms with E-state index in [2.05, 4.69) is 167 Å². The molecule has 0 aliphatic rings. The maximum Gasteiger partial charge on any atom is 0.135 e. The summed E-state index contributed by atoms with van der Waals surface area (Å²) in [6.45, 7) is 0. The molecule has 0 aliphatic heterocycles. The lowest BCUT2D eigenvalue weighted by atomic mass is 10.0. The van der Waals surface area contributed by atoms with Crippen LogP contribution in [-0.2, 0) is 0 Å². The SMILES string of the molecule is c1ccc(-n2c3ccccc3c3ccc(N(c4ccc5oc6ccccc6c5c4)c4cccc5cc6sc7ccccc7c6cc45)cc32)cc1. The fourth-order valence-electron chi connectivity index (χ4n) is 7.91. The van der Waals surface area contributed by atoms with Gasteiger partial charge in [-0.05, 0) is 84.2 Å². The highest BCUT2D eigenvalue weighted by Crippen LogP contribution is 2.45. The summed E-state index contributed by atoms with van der Waals surface area (Å²) in [7, 11) is 0. The van der Waals surface area contributed by atoms with Crippen LogP contribution in [0.5, 0.6) is 0 Å². The zero-order valence-corrected chi connectivity index (χ0v) is 27.7. The van der Waals surface area contributed by atoms with E-state index in [-0.39, 0.29) is 0 Å². The molecule has 11 aromatic rings. The Morgan fingerprint density at radius 1 is 0.420 bits per heavy atom. The van der Waals surface area contributed by atoms with Crippen LogP contribution < -0.4 is 4.90 Å². The fraction of sp³-hybridized carbons (Fsp3) is 0. The number of furan rings is 1. The molecule has 234 valence electrons. The van der Waals surface area contributed by atoms with Gasteiger partial charge in [0.25, 0.3) is 0 Å². The molecule has 0 atom stereocenters. The van der Waals surface area contributed by atoms with Crippen LogP contribution in [0, 0.1) is 0 Å². The zero-order chi connectivity index (χ0) is 32.8. The number of rotatable bonds is 4. The van der Waals surface area contributed by atoms with Gasteiger partial charge in [0.1, 0.15) is 11.2 Å². The third-order valence-corrected chi connectivity index (χ3v) is 11.3. The summed E-state index contributed by atoms with van der Waals surface area (Å²) in [4.78, 5) is 2.43. The maximum atomic E-state index is 6.28. The molecule has 11 rings (SSSR count). The molecule has 3 heterocycles. The van der Waals surface area contributed by atoms with Crippen molar-refractivity contribution in [1.29, 1.82) is 0 Å². The predicted molar refractivity (Wildman–Crippen MR) is 213 cm³/mol. The Morgan fingerprint density at radius 2 is 1.14 bits per heavy atom. The Balaban J connectivity index is 1.23. The van der Waals surface area contributed by atoms with Crippen molar-refractivity contribution in [1.82, 2.24) is 4.57 Å². The summed E-state index contributed by atoms with van der Waals surface area (Å²) in [6.07, 6.45) is 0. The standard InChI is InChI=1S/C46H28N2OS/c1-2-12-30(13-3-1)48-40-17-7-4-14-33(40)34-23-21-32(27-42(34)48)47(31-22-24-44-38(26-31)35-15-5-8-19-43(35)49-44)41-18-10-11-29-25-46-39(28-37(29)41)36-16-6-9-20-45(36)50-46/h1-28H. The Bertz CT molecular complexity index is 3110. The van der Waals surface area contributed by atoms with Crippen molar-refractivity contribution in [3.8, 4) is 5.69 Å². The molecule has 0 spiro atoms. The lowest BCUT2D eigenvalue weighted by Gasteiger charge is -2.27. The van der Waals surface area contributed by atoms with Gasteiger partial charge in [0.15, 0.2) is 0 Å². The fourth-order valence-corrected chi connectivity index (χ4v) is 9.04. The second-order valence-corrected chi connectivity index (χ2v) is 14.0. The van der Waals surface area contributed by atoms with E-state index in [4.69, 9.17) is 4.42 Å². The molecule has 0 saturated heterocycles. The van der Waals surface area contributed by atoms with Crippen LogP contribution in [0.15, 0.2) is 174 Å². The third kappa shape index (κ3) is 4.03. The van der Waals surface area contributed by atoms with Crippen LogP contribution in [-0.4, -0.2) is 4.57 Å². The van der Waals surface area contributed by atoms with Crippen molar-refractivity contribution in [2.24, 2.45) is 0 Å². The largest absolute Gasteiger partial charge is 0.456 e. The Hall–Kier alpha value is -6.36. The molecule has 0 aliphatic carbocycles. The van der Waals surface area contributed by atoms with E-state index in [1.807, 2.05) is 23.5 Å². The average molecular weight is 657 g/mol. The van der Waals surface area contributed by atoms with Gasteiger partial charge in [0.05, 0.1) is 16.7 Å². The molecule has 50 heavy (non-hydrogen) atoms. The smallest absolute Gasteiger partial charge is 0.135 e. The molecule has 0 N–H and O–H groups in total. The van der Waals surface area contributed by atoms with Gasteiger partial charge in [-0.25, -0.2) is 0 Å². The highest BCUT2D eigenvalue weighted by molar-refractivity contribution is 7.25. The van der Waals surface area contributed by atoms with Crippen molar-refractivity contribution in [2.75, 3.05) is 4.90 Å². The summed E-state index contributed by atoms with van der Waals surface area (Å²) in [6, 6.07) is 61.4. The topological polar surface area (TPSA) is 21.3 Å². The minimum Gasteiger partial charge on any atom is -0.456 e. The van der Waals surface area contributed by atoms with Crippen LogP contribution >= 0.6 is 11.3 Å². The first-order chi connectivity index (χ1) is 24.8. The quantitative estimate of drug-likeness (QED) is 0.188. The minimum absolute atomic E-state index is 0.888. The molecule has 0 radical (unpaired) electrons. The Kier molecular flexibility index (Phi) is 5.83. The molecule has 3 nitrogen and oxygen atoms in total. The van der Waals surface area contributed by atoms with E-state index >= 15 is 0 Å². The molecule has 0 amide bonds. The van der Waals surface area contributed by atoms with Crippen molar-refractivity contribution >= 4 is 103 Å². The number of para-hydroxylation sites is 3. The van der Waals surface area contributed by atoms with Gasteiger partial charge in [0, 0.05) is 64.2 Å². The minimum atomic E-state index is 0.888. The van der Waals surface area contributed by atoms with E-state index in [9.17, 15) is 0 Å². The van der Waals surface area contributed by atoms with Crippen LogP contribution in [0.4, 0.5) is 17.1 Å². The number of fused-ring (bicyclic) bond motifs is 10. The molecule has 0 saturated carbocycles. The summed E-state index contributed by atoms with van der Waals surface area (Å²) >= 11 is 1.86. The van der Waals surface area contributed by atoms with Gasteiger partial charge in [-0.1, -0.05) is 91.0 Å². The molecule has 3 aromatic heterocycles. The highest BCUT2D eigenvalue weighted by Gasteiger charge is 2.21. The van der Waals surface area contributed by atoms with Crippen molar-refractivity contribution < 1.29 is 4.42 Å². The lowest BCUT2D eigenvalue weighted by molar-refractivity contribution is 0.669. The summed E-state index contributed by atoms with van der Waals surface area (Å²) in [5.41, 5.74) is 8.60. The number of thiophene rings is 1. The van der Waals surface area contributed by atoms with Gasteiger partial charge in [0.2, 0.25) is 0 Å². The molecule has 0 fully saturated rings. The molecule has 8 aromatic carbocycles. The number of benzene rings is 8. The summed E-state index contributed by atoms with van der Waals surface area (Å²) in [5, 5.41) is 9.73. The van der Waals surface area contributed by atoms with E-state index in [0.717, 1.165) is 44.7 Å². The van der Waals surface area contributed by atoms with Crippen LogP contribution in [0.25, 0.3) is 80.4 Å². The third-order valence-electron chi connectivity index (χ3n) is 10.1. The van der Waals surface area contributed by atoms with E-state index in [1.54, 1.807) is 0 Å².